The van der Waals surface area contributed by atoms with E-state index in [-0.39, 0.29) is 23.3 Å². The van der Waals surface area contributed by atoms with Crippen LogP contribution in [0.15, 0.2) is 29.2 Å². The molecule has 25 heavy (non-hydrogen) atoms. The number of nitrogens with zero attached hydrogens (tertiary/aromatic N) is 2. The highest BCUT2D eigenvalue weighted by atomic mass is 32.2. The van der Waals surface area contributed by atoms with E-state index in [1.165, 1.54) is 16.4 Å². The Morgan fingerprint density at radius 1 is 1.08 bits per heavy atom. The van der Waals surface area contributed by atoms with E-state index in [9.17, 15) is 17.6 Å². The van der Waals surface area contributed by atoms with E-state index >= 15 is 0 Å². The largest absolute Gasteiger partial charge is 0.342 e. The SMILES string of the molecule is C[C@H]1CCCN(C(=O)[C@H]2CCCN(S(=O)(=O)c3ccc(F)cc3)C2)C1. The molecule has 0 bridgehead atoms. The number of piperidine rings is 2. The van der Waals surface area contributed by atoms with Crippen molar-refractivity contribution in [2.24, 2.45) is 11.8 Å². The average molecular weight is 368 g/mol. The van der Waals surface area contributed by atoms with E-state index in [4.69, 9.17) is 0 Å². The number of carbonyl (C=O) groups excluding carboxylic acids is 1. The molecule has 1 amide bonds. The predicted octanol–water partition coefficient (Wildman–Crippen LogP) is 2.48. The molecule has 1 aromatic carbocycles. The second-order valence-corrected chi connectivity index (χ2v) is 9.13. The summed E-state index contributed by atoms with van der Waals surface area (Å²) < 4.78 is 40.0. The molecule has 0 N–H and O–H groups in total. The molecule has 0 radical (unpaired) electrons. The Bertz CT molecular complexity index is 720. The number of amides is 1. The minimum Gasteiger partial charge on any atom is -0.342 e. The lowest BCUT2D eigenvalue weighted by Crippen LogP contribution is -2.48. The van der Waals surface area contributed by atoms with Gasteiger partial charge >= 0.3 is 0 Å². The monoisotopic (exact) mass is 368 g/mol. The van der Waals surface area contributed by atoms with Crippen LogP contribution in [0.1, 0.15) is 32.6 Å². The highest BCUT2D eigenvalue weighted by Gasteiger charge is 2.35. The maximum absolute atomic E-state index is 13.1. The standard InChI is InChI=1S/C18H25FN2O3S/c1-14-4-2-10-20(12-14)18(22)15-5-3-11-21(13-15)25(23,24)17-8-6-16(19)7-9-17/h6-9,14-15H,2-5,10-13H2,1H3/t14-,15-/m0/s1. The molecule has 138 valence electrons. The minimum atomic E-state index is -3.69. The Morgan fingerprint density at radius 2 is 1.76 bits per heavy atom. The molecule has 7 heteroatoms. The van der Waals surface area contributed by atoms with Crippen molar-refractivity contribution >= 4 is 15.9 Å². The zero-order valence-corrected chi connectivity index (χ0v) is 15.3. The molecule has 2 heterocycles. The van der Waals surface area contributed by atoms with Gasteiger partial charge in [-0.2, -0.15) is 4.31 Å². The van der Waals surface area contributed by atoms with Crippen LogP contribution >= 0.6 is 0 Å². The molecule has 0 unspecified atom stereocenters. The van der Waals surface area contributed by atoms with E-state index < -0.39 is 15.8 Å². The van der Waals surface area contributed by atoms with E-state index in [2.05, 4.69) is 6.92 Å². The van der Waals surface area contributed by atoms with Gasteiger partial charge in [-0.05, 0) is 55.9 Å². The highest BCUT2D eigenvalue weighted by Crippen LogP contribution is 2.26. The molecule has 2 saturated heterocycles. The van der Waals surface area contributed by atoms with Gasteiger partial charge in [-0.3, -0.25) is 4.79 Å². The van der Waals surface area contributed by atoms with E-state index in [0.29, 0.717) is 18.9 Å². The molecule has 3 rings (SSSR count). The fourth-order valence-electron chi connectivity index (χ4n) is 3.77. The van der Waals surface area contributed by atoms with Gasteiger partial charge in [-0.25, -0.2) is 12.8 Å². The number of carbonyl (C=O) groups is 1. The molecule has 5 nitrogen and oxygen atoms in total. The fourth-order valence-corrected chi connectivity index (χ4v) is 5.29. The van der Waals surface area contributed by atoms with Crippen LogP contribution in [0.5, 0.6) is 0 Å². The van der Waals surface area contributed by atoms with Gasteiger partial charge in [0.1, 0.15) is 5.82 Å². The van der Waals surface area contributed by atoms with Gasteiger partial charge in [-0.1, -0.05) is 6.92 Å². The molecule has 0 spiro atoms. The van der Waals surface area contributed by atoms with Crippen molar-refractivity contribution < 1.29 is 17.6 Å². The molecule has 0 aromatic heterocycles. The first-order valence-corrected chi connectivity index (χ1v) is 10.4. The lowest BCUT2D eigenvalue weighted by molar-refractivity contribution is -0.138. The number of halogens is 1. The van der Waals surface area contributed by atoms with Crippen molar-refractivity contribution in [2.45, 2.75) is 37.5 Å². The molecule has 2 aliphatic heterocycles. The average Bonchev–Trinajstić information content (AvgIpc) is 2.61. The number of hydrogen-bond acceptors (Lipinski definition) is 3. The molecule has 2 aliphatic rings. The van der Waals surface area contributed by atoms with Gasteiger partial charge in [0.15, 0.2) is 0 Å². The normalized spacial score (nSPS) is 25.8. The molecule has 2 atom stereocenters. The Balaban J connectivity index is 1.72. The van der Waals surface area contributed by atoms with Crippen LogP contribution in [0.3, 0.4) is 0 Å². The van der Waals surface area contributed by atoms with Gasteiger partial charge in [0, 0.05) is 26.2 Å². The summed E-state index contributed by atoms with van der Waals surface area (Å²) in [5.41, 5.74) is 0. The van der Waals surface area contributed by atoms with Crippen LogP contribution in [0.25, 0.3) is 0 Å². The van der Waals surface area contributed by atoms with Crippen LogP contribution in [0, 0.1) is 17.7 Å². The first kappa shape index (κ1) is 18.3. The number of rotatable bonds is 3. The van der Waals surface area contributed by atoms with Crippen molar-refractivity contribution in [2.75, 3.05) is 26.2 Å². The zero-order chi connectivity index (χ0) is 18.0. The first-order chi connectivity index (χ1) is 11.9. The predicted molar refractivity (Wildman–Crippen MR) is 92.9 cm³/mol. The Hall–Kier alpha value is -1.47. The third-order valence-corrected chi connectivity index (χ3v) is 7.03. The second-order valence-electron chi connectivity index (χ2n) is 7.19. The fraction of sp³-hybridized carbons (Fsp3) is 0.611. The van der Waals surface area contributed by atoms with Crippen molar-refractivity contribution in [3.05, 3.63) is 30.1 Å². The summed E-state index contributed by atoms with van der Waals surface area (Å²) in [6.07, 6.45) is 3.54. The van der Waals surface area contributed by atoms with E-state index in [0.717, 1.165) is 44.5 Å². The third kappa shape index (κ3) is 4.03. The Morgan fingerprint density at radius 3 is 2.44 bits per heavy atom. The summed E-state index contributed by atoms with van der Waals surface area (Å²) in [7, 11) is -3.69. The summed E-state index contributed by atoms with van der Waals surface area (Å²) in [5, 5.41) is 0. The zero-order valence-electron chi connectivity index (χ0n) is 14.5. The summed E-state index contributed by atoms with van der Waals surface area (Å²) >= 11 is 0. The van der Waals surface area contributed by atoms with Gasteiger partial charge in [0.05, 0.1) is 10.8 Å². The maximum atomic E-state index is 13.1. The third-order valence-electron chi connectivity index (χ3n) is 5.15. The molecule has 0 saturated carbocycles. The van der Waals surface area contributed by atoms with Gasteiger partial charge in [0.2, 0.25) is 15.9 Å². The van der Waals surface area contributed by atoms with Crippen molar-refractivity contribution in [1.82, 2.24) is 9.21 Å². The van der Waals surface area contributed by atoms with Crippen molar-refractivity contribution in [1.29, 1.82) is 0 Å². The molecule has 2 fully saturated rings. The van der Waals surface area contributed by atoms with Crippen molar-refractivity contribution in [3.8, 4) is 0 Å². The second kappa shape index (κ2) is 7.41. The smallest absolute Gasteiger partial charge is 0.243 e. The topological polar surface area (TPSA) is 57.7 Å². The van der Waals surface area contributed by atoms with Crippen LogP contribution in [-0.4, -0.2) is 49.7 Å². The minimum absolute atomic E-state index is 0.0746. The summed E-state index contributed by atoms with van der Waals surface area (Å²) in [5.74, 6) is -0.176. The first-order valence-electron chi connectivity index (χ1n) is 8.92. The number of hydrogen-bond donors (Lipinski definition) is 0. The number of benzene rings is 1. The lowest BCUT2D eigenvalue weighted by atomic mass is 9.94. The molecule has 1 aromatic rings. The summed E-state index contributed by atoms with van der Waals surface area (Å²) in [6, 6.07) is 4.86. The quantitative estimate of drug-likeness (QED) is 0.824. The van der Waals surface area contributed by atoms with E-state index in [1.54, 1.807) is 0 Å². The molecular weight excluding hydrogens is 343 g/mol. The Kier molecular flexibility index (Phi) is 5.43. The Labute approximate surface area is 148 Å². The van der Waals surface area contributed by atoms with Crippen LogP contribution in [0.4, 0.5) is 4.39 Å². The lowest BCUT2D eigenvalue weighted by Gasteiger charge is -2.37. The summed E-state index contributed by atoms with van der Waals surface area (Å²) in [6.45, 7) is 4.29. The maximum Gasteiger partial charge on any atom is 0.243 e. The van der Waals surface area contributed by atoms with Gasteiger partial charge in [-0.15, -0.1) is 0 Å². The highest BCUT2D eigenvalue weighted by molar-refractivity contribution is 7.89. The summed E-state index contributed by atoms with van der Waals surface area (Å²) in [4.78, 5) is 14.8. The van der Waals surface area contributed by atoms with Gasteiger partial charge < -0.3 is 4.90 Å². The van der Waals surface area contributed by atoms with Crippen LogP contribution in [-0.2, 0) is 14.8 Å². The molecular formula is C18H25FN2O3S. The number of likely N-dealkylation sites (tertiary alicyclic amines) is 1. The van der Waals surface area contributed by atoms with E-state index in [1.807, 2.05) is 4.90 Å². The van der Waals surface area contributed by atoms with Crippen LogP contribution < -0.4 is 0 Å². The molecule has 0 aliphatic carbocycles. The van der Waals surface area contributed by atoms with Crippen molar-refractivity contribution in [3.63, 3.8) is 0 Å². The van der Waals surface area contributed by atoms with Crippen LogP contribution in [0.2, 0.25) is 0 Å². The van der Waals surface area contributed by atoms with Gasteiger partial charge in [0.25, 0.3) is 0 Å². The number of sulfonamides is 1.